The fraction of sp³-hybridized carbons (Fsp3) is 0.250. The van der Waals surface area contributed by atoms with Gasteiger partial charge >= 0.3 is 0 Å². The molecule has 1 atom stereocenters. The van der Waals surface area contributed by atoms with Crippen LogP contribution in [0.1, 0.15) is 29.7 Å². The van der Waals surface area contributed by atoms with E-state index in [2.05, 4.69) is 5.32 Å². The first kappa shape index (κ1) is 14.6. The first-order chi connectivity index (χ1) is 9.54. The summed E-state index contributed by atoms with van der Waals surface area (Å²) < 4.78 is 40.8. The Morgan fingerprint density at radius 1 is 0.950 bits per heavy atom. The van der Waals surface area contributed by atoms with Gasteiger partial charge in [0.2, 0.25) is 0 Å². The predicted molar refractivity (Wildman–Crippen MR) is 73.0 cm³/mol. The molecule has 1 nitrogen and oxygen atoms in total. The monoisotopic (exact) mass is 279 g/mol. The van der Waals surface area contributed by atoms with E-state index >= 15 is 0 Å². The van der Waals surface area contributed by atoms with Gasteiger partial charge in [-0.2, -0.15) is 0 Å². The van der Waals surface area contributed by atoms with Crippen LogP contribution in [0.5, 0.6) is 0 Å². The van der Waals surface area contributed by atoms with Crippen molar-refractivity contribution in [3.63, 3.8) is 0 Å². The number of hydrogen-bond donors (Lipinski definition) is 1. The lowest BCUT2D eigenvalue weighted by Crippen LogP contribution is -2.23. The Morgan fingerprint density at radius 2 is 1.60 bits per heavy atom. The van der Waals surface area contributed by atoms with Crippen LogP contribution in [0, 0.1) is 24.4 Å². The maximum atomic E-state index is 14.1. The molecular weight excluding hydrogens is 263 g/mol. The van der Waals surface area contributed by atoms with Crippen molar-refractivity contribution in [2.45, 2.75) is 19.9 Å². The van der Waals surface area contributed by atoms with Gasteiger partial charge in [-0.15, -0.1) is 0 Å². The third kappa shape index (κ3) is 2.85. The van der Waals surface area contributed by atoms with Crippen molar-refractivity contribution in [2.75, 3.05) is 6.54 Å². The Morgan fingerprint density at radius 3 is 2.20 bits per heavy atom. The number of nitrogens with one attached hydrogen (secondary N) is 1. The lowest BCUT2D eigenvalue weighted by atomic mass is 9.97. The van der Waals surface area contributed by atoms with Gasteiger partial charge in [0.15, 0.2) is 11.6 Å². The molecule has 0 fully saturated rings. The van der Waals surface area contributed by atoms with Crippen molar-refractivity contribution in [1.82, 2.24) is 5.32 Å². The molecule has 2 aromatic rings. The minimum atomic E-state index is -0.861. The quantitative estimate of drug-likeness (QED) is 0.888. The number of hydrogen-bond acceptors (Lipinski definition) is 1. The molecule has 1 N–H and O–H groups in total. The summed E-state index contributed by atoms with van der Waals surface area (Å²) in [6.07, 6.45) is 0. The molecule has 0 spiro atoms. The smallest absolute Gasteiger partial charge is 0.164 e. The summed E-state index contributed by atoms with van der Waals surface area (Å²) in [7, 11) is 0. The van der Waals surface area contributed by atoms with Crippen molar-refractivity contribution < 1.29 is 13.2 Å². The standard InChI is InChI=1S/C16H16F3N/c1-3-20-16(11-5-7-12(17)8-6-11)13-9-4-10(2)14(18)15(13)19/h4-9,16,20H,3H2,1-2H3. The molecule has 0 aromatic heterocycles. The van der Waals surface area contributed by atoms with Gasteiger partial charge in [0, 0.05) is 5.56 Å². The van der Waals surface area contributed by atoms with Crippen LogP contribution in [0.2, 0.25) is 0 Å². The number of aryl methyl sites for hydroxylation is 1. The first-order valence-corrected chi connectivity index (χ1v) is 6.48. The van der Waals surface area contributed by atoms with Crippen molar-refractivity contribution in [1.29, 1.82) is 0 Å². The van der Waals surface area contributed by atoms with Crippen LogP contribution < -0.4 is 5.32 Å². The topological polar surface area (TPSA) is 12.0 Å². The second-order valence-corrected chi connectivity index (χ2v) is 4.64. The van der Waals surface area contributed by atoms with Crippen LogP contribution in [-0.2, 0) is 0 Å². The van der Waals surface area contributed by atoms with E-state index in [-0.39, 0.29) is 16.9 Å². The molecule has 1 unspecified atom stereocenters. The molecule has 0 heterocycles. The van der Waals surface area contributed by atoms with E-state index < -0.39 is 17.7 Å². The van der Waals surface area contributed by atoms with Crippen molar-refractivity contribution in [3.8, 4) is 0 Å². The largest absolute Gasteiger partial charge is 0.306 e. The van der Waals surface area contributed by atoms with Gasteiger partial charge in [-0.3, -0.25) is 0 Å². The maximum absolute atomic E-state index is 14.1. The van der Waals surface area contributed by atoms with E-state index in [9.17, 15) is 13.2 Å². The van der Waals surface area contributed by atoms with Crippen molar-refractivity contribution in [2.24, 2.45) is 0 Å². The first-order valence-electron chi connectivity index (χ1n) is 6.48. The Kier molecular flexibility index (Phi) is 4.45. The maximum Gasteiger partial charge on any atom is 0.164 e. The van der Waals surface area contributed by atoms with Crippen molar-refractivity contribution >= 4 is 0 Å². The molecular formula is C16H16F3N. The Labute approximate surface area is 116 Å². The van der Waals surface area contributed by atoms with Gasteiger partial charge < -0.3 is 5.32 Å². The molecule has 2 aromatic carbocycles. The Balaban J connectivity index is 2.48. The average Bonchev–Trinajstić information content (AvgIpc) is 2.44. The molecule has 0 saturated carbocycles. The van der Waals surface area contributed by atoms with E-state index in [1.165, 1.54) is 19.1 Å². The predicted octanol–water partition coefficient (Wildman–Crippen LogP) is 4.11. The van der Waals surface area contributed by atoms with Crippen LogP contribution in [0.4, 0.5) is 13.2 Å². The second-order valence-electron chi connectivity index (χ2n) is 4.64. The van der Waals surface area contributed by atoms with Crippen LogP contribution >= 0.6 is 0 Å². The number of rotatable bonds is 4. The van der Waals surface area contributed by atoms with Gasteiger partial charge in [0.1, 0.15) is 5.82 Å². The van der Waals surface area contributed by atoms with Gasteiger partial charge in [-0.1, -0.05) is 31.2 Å². The van der Waals surface area contributed by atoms with Crippen LogP contribution in [-0.4, -0.2) is 6.54 Å². The highest BCUT2D eigenvalue weighted by atomic mass is 19.2. The van der Waals surface area contributed by atoms with E-state index in [0.29, 0.717) is 12.1 Å². The zero-order valence-electron chi connectivity index (χ0n) is 11.4. The molecule has 20 heavy (non-hydrogen) atoms. The highest BCUT2D eigenvalue weighted by molar-refractivity contribution is 5.35. The summed E-state index contributed by atoms with van der Waals surface area (Å²) in [4.78, 5) is 0. The molecule has 2 rings (SSSR count). The Bertz CT molecular complexity index is 593. The third-order valence-corrected chi connectivity index (χ3v) is 3.23. The molecule has 0 aliphatic rings. The van der Waals surface area contributed by atoms with Gasteiger partial charge in [-0.25, -0.2) is 13.2 Å². The van der Waals surface area contributed by atoms with E-state index in [0.717, 1.165) is 0 Å². The summed E-state index contributed by atoms with van der Waals surface area (Å²) in [6.45, 7) is 3.97. The molecule has 0 aliphatic heterocycles. The zero-order chi connectivity index (χ0) is 14.7. The molecule has 4 heteroatoms. The molecule has 0 radical (unpaired) electrons. The number of halogens is 3. The van der Waals surface area contributed by atoms with Gasteiger partial charge in [0.05, 0.1) is 6.04 Å². The van der Waals surface area contributed by atoms with Crippen LogP contribution in [0.15, 0.2) is 36.4 Å². The molecule has 0 bridgehead atoms. The molecule has 0 saturated heterocycles. The van der Waals surface area contributed by atoms with Crippen LogP contribution in [0.25, 0.3) is 0 Å². The molecule has 0 aliphatic carbocycles. The number of benzene rings is 2. The highest BCUT2D eigenvalue weighted by Crippen LogP contribution is 2.27. The third-order valence-electron chi connectivity index (χ3n) is 3.23. The molecule has 0 amide bonds. The fourth-order valence-electron chi connectivity index (χ4n) is 2.15. The van der Waals surface area contributed by atoms with Gasteiger partial charge in [-0.05, 0) is 36.7 Å². The normalized spacial score (nSPS) is 12.4. The molecule has 106 valence electrons. The summed E-state index contributed by atoms with van der Waals surface area (Å²) >= 11 is 0. The minimum Gasteiger partial charge on any atom is -0.306 e. The summed E-state index contributed by atoms with van der Waals surface area (Å²) in [5.74, 6) is -2.06. The second kappa shape index (κ2) is 6.09. The van der Waals surface area contributed by atoms with E-state index in [4.69, 9.17) is 0 Å². The minimum absolute atomic E-state index is 0.224. The Hall–Kier alpha value is -1.81. The lowest BCUT2D eigenvalue weighted by molar-refractivity contribution is 0.478. The summed E-state index contributed by atoms with van der Waals surface area (Å²) in [5, 5.41) is 3.09. The van der Waals surface area contributed by atoms with Gasteiger partial charge in [0.25, 0.3) is 0 Å². The summed E-state index contributed by atoms with van der Waals surface area (Å²) in [5.41, 5.74) is 1.18. The van der Waals surface area contributed by atoms with Crippen LogP contribution in [0.3, 0.4) is 0 Å². The SMILES string of the molecule is CCNC(c1ccc(F)cc1)c1ccc(C)c(F)c1F. The summed E-state index contributed by atoms with van der Waals surface area (Å²) in [6, 6.07) is 8.35. The fourth-order valence-corrected chi connectivity index (χ4v) is 2.15. The zero-order valence-corrected chi connectivity index (χ0v) is 11.4. The van der Waals surface area contributed by atoms with Crippen molar-refractivity contribution in [3.05, 3.63) is 70.5 Å². The lowest BCUT2D eigenvalue weighted by Gasteiger charge is -2.20. The highest BCUT2D eigenvalue weighted by Gasteiger charge is 2.20. The van der Waals surface area contributed by atoms with E-state index in [1.54, 1.807) is 24.3 Å². The average molecular weight is 279 g/mol. The van der Waals surface area contributed by atoms with E-state index in [1.807, 2.05) is 6.92 Å².